The summed E-state index contributed by atoms with van der Waals surface area (Å²) in [6.45, 7) is 1.53. The molecule has 0 heterocycles. The molecule has 96 valence electrons. The number of halogens is 1. The minimum atomic E-state index is -0.950. The Morgan fingerprint density at radius 2 is 2.17 bits per heavy atom. The number of carboxylic acid groups (broad SMARTS) is 1. The first kappa shape index (κ1) is 15.0. The van der Waals surface area contributed by atoms with E-state index in [1.807, 2.05) is 6.08 Å². The smallest absolute Gasteiger partial charge is 0.336 e. The molecule has 18 heavy (non-hydrogen) atoms. The predicted octanol–water partition coefficient (Wildman–Crippen LogP) is 3.83. The highest BCUT2D eigenvalue weighted by Crippen LogP contribution is 2.18. The molecule has 0 spiro atoms. The van der Waals surface area contributed by atoms with Gasteiger partial charge in [-0.05, 0) is 24.1 Å². The summed E-state index contributed by atoms with van der Waals surface area (Å²) < 4.78 is 0.740. The van der Waals surface area contributed by atoms with E-state index in [-0.39, 0.29) is 10.7 Å². The molecule has 3 nitrogen and oxygen atoms in total. The average Bonchev–Trinajstić information content (AvgIpc) is 2.29. The number of carbonyl (C=O) groups is 2. The van der Waals surface area contributed by atoms with Crippen LogP contribution in [0.1, 0.15) is 29.3 Å². The van der Waals surface area contributed by atoms with Crippen molar-refractivity contribution in [3.05, 3.63) is 39.9 Å². The first-order valence-electron chi connectivity index (χ1n) is 5.33. The van der Waals surface area contributed by atoms with Crippen LogP contribution in [0.5, 0.6) is 0 Å². The summed E-state index contributed by atoms with van der Waals surface area (Å²) in [6, 6.07) is 5.13. The zero-order valence-corrected chi connectivity index (χ0v) is 12.3. The van der Waals surface area contributed by atoms with Gasteiger partial charge in [0.05, 0.1) is 5.56 Å². The molecule has 0 saturated carbocycles. The van der Waals surface area contributed by atoms with Gasteiger partial charge in [0.2, 0.25) is 0 Å². The van der Waals surface area contributed by atoms with Gasteiger partial charge in [-0.2, -0.15) is 0 Å². The van der Waals surface area contributed by atoms with Gasteiger partial charge in [0.1, 0.15) is 0 Å². The SMILES string of the molecule is CC(=O)SCCC=Cc1ccc(Br)cc1C(=O)O. The Hall–Kier alpha value is -1.07. The molecule has 0 saturated heterocycles. The van der Waals surface area contributed by atoms with Gasteiger partial charge in [0.15, 0.2) is 5.12 Å². The van der Waals surface area contributed by atoms with E-state index < -0.39 is 5.97 Å². The third-order valence-electron chi connectivity index (χ3n) is 2.13. The molecule has 0 aliphatic heterocycles. The van der Waals surface area contributed by atoms with Crippen LogP contribution in [0, 0.1) is 0 Å². The van der Waals surface area contributed by atoms with Crippen LogP contribution in [0.3, 0.4) is 0 Å². The lowest BCUT2D eigenvalue weighted by Crippen LogP contribution is -1.99. The van der Waals surface area contributed by atoms with Crippen molar-refractivity contribution in [1.82, 2.24) is 0 Å². The van der Waals surface area contributed by atoms with Crippen molar-refractivity contribution in [3.8, 4) is 0 Å². The van der Waals surface area contributed by atoms with Crippen LogP contribution in [0.4, 0.5) is 0 Å². The van der Waals surface area contributed by atoms with Gasteiger partial charge in [0, 0.05) is 17.1 Å². The normalized spacial score (nSPS) is 10.8. The topological polar surface area (TPSA) is 54.4 Å². The maximum absolute atomic E-state index is 11.0. The lowest BCUT2D eigenvalue weighted by atomic mass is 10.1. The molecular weight excluding hydrogens is 316 g/mol. The molecule has 0 unspecified atom stereocenters. The monoisotopic (exact) mass is 328 g/mol. The maximum atomic E-state index is 11.0. The van der Waals surface area contributed by atoms with E-state index in [0.717, 1.165) is 10.9 Å². The van der Waals surface area contributed by atoms with Gasteiger partial charge < -0.3 is 5.11 Å². The van der Waals surface area contributed by atoms with Crippen molar-refractivity contribution in [2.45, 2.75) is 13.3 Å². The Labute approximate surface area is 118 Å². The van der Waals surface area contributed by atoms with E-state index in [1.54, 1.807) is 24.3 Å². The molecular formula is C13H13BrO3S. The van der Waals surface area contributed by atoms with Crippen molar-refractivity contribution in [3.63, 3.8) is 0 Å². The first-order chi connectivity index (χ1) is 8.50. The van der Waals surface area contributed by atoms with Gasteiger partial charge in [-0.3, -0.25) is 4.79 Å². The Kier molecular flexibility index (Phi) is 6.15. The second-order valence-corrected chi connectivity index (χ2v) is 5.76. The van der Waals surface area contributed by atoms with Gasteiger partial charge in [-0.25, -0.2) is 4.79 Å². The molecule has 0 atom stereocenters. The Morgan fingerprint density at radius 3 is 2.78 bits per heavy atom. The first-order valence-corrected chi connectivity index (χ1v) is 7.11. The summed E-state index contributed by atoms with van der Waals surface area (Å²) in [5.41, 5.74) is 0.929. The fourth-order valence-electron chi connectivity index (χ4n) is 1.34. The molecule has 0 aromatic heterocycles. The molecule has 1 rings (SSSR count). The third kappa shape index (κ3) is 5.06. The van der Waals surface area contributed by atoms with E-state index in [2.05, 4.69) is 15.9 Å². The summed E-state index contributed by atoms with van der Waals surface area (Å²) in [5.74, 6) is -0.237. The van der Waals surface area contributed by atoms with Crippen LogP contribution in [-0.4, -0.2) is 21.9 Å². The Balaban J connectivity index is 2.69. The Bertz CT molecular complexity index is 483. The predicted molar refractivity (Wildman–Crippen MR) is 77.9 cm³/mol. The lowest BCUT2D eigenvalue weighted by Gasteiger charge is -2.01. The van der Waals surface area contributed by atoms with Gasteiger partial charge in [0.25, 0.3) is 0 Å². The van der Waals surface area contributed by atoms with Crippen LogP contribution in [0.15, 0.2) is 28.7 Å². The van der Waals surface area contributed by atoms with Crippen molar-refractivity contribution >= 4 is 44.9 Å². The molecule has 0 fully saturated rings. The number of hydrogen-bond acceptors (Lipinski definition) is 3. The molecule has 0 amide bonds. The van der Waals surface area contributed by atoms with E-state index in [1.165, 1.54) is 18.7 Å². The van der Waals surface area contributed by atoms with E-state index in [4.69, 9.17) is 5.11 Å². The second-order valence-electron chi connectivity index (χ2n) is 3.57. The van der Waals surface area contributed by atoms with Crippen LogP contribution < -0.4 is 0 Å². The molecule has 1 aromatic carbocycles. The minimum absolute atomic E-state index is 0.0956. The molecule has 0 aliphatic rings. The fraction of sp³-hybridized carbons (Fsp3) is 0.231. The van der Waals surface area contributed by atoms with E-state index in [9.17, 15) is 9.59 Å². The molecule has 5 heteroatoms. The third-order valence-corrected chi connectivity index (χ3v) is 3.47. The highest BCUT2D eigenvalue weighted by molar-refractivity contribution is 9.10. The Morgan fingerprint density at radius 1 is 1.44 bits per heavy atom. The zero-order valence-electron chi connectivity index (χ0n) is 9.85. The summed E-state index contributed by atoms with van der Waals surface area (Å²) in [6.07, 6.45) is 4.39. The number of aromatic carboxylic acids is 1. The second kappa shape index (κ2) is 7.38. The van der Waals surface area contributed by atoms with Crippen molar-refractivity contribution in [2.75, 3.05) is 5.75 Å². The number of carboxylic acids is 1. The van der Waals surface area contributed by atoms with E-state index in [0.29, 0.717) is 11.3 Å². The summed E-state index contributed by atoms with van der Waals surface area (Å²) >= 11 is 4.51. The zero-order chi connectivity index (χ0) is 13.5. The molecule has 1 N–H and O–H groups in total. The van der Waals surface area contributed by atoms with E-state index >= 15 is 0 Å². The number of allylic oxidation sites excluding steroid dienone is 1. The van der Waals surface area contributed by atoms with Gasteiger partial charge in [-0.15, -0.1) is 0 Å². The van der Waals surface area contributed by atoms with Gasteiger partial charge >= 0.3 is 5.97 Å². The molecule has 0 aliphatic carbocycles. The summed E-state index contributed by atoms with van der Waals surface area (Å²) in [5, 5.41) is 9.16. The van der Waals surface area contributed by atoms with Gasteiger partial charge in [-0.1, -0.05) is 45.9 Å². The molecule has 0 radical (unpaired) electrons. The van der Waals surface area contributed by atoms with Crippen molar-refractivity contribution < 1.29 is 14.7 Å². The fourth-order valence-corrected chi connectivity index (χ4v) is 2.24. The summed E-state index contributed by atoms with van der Waals surface area (Å²) in [4.78, 5) is 21.8. The summed E-state index contributed by atoms with van der Waals surface area (Å²) in [7, 11) is 0. The van der Waals surface area contributed by atoms with Crippen molar-refractivity contribution in [2.24, 2.45) is 0 Å². The van der Waals surface area contributed by atoms with Crippen LogP contribution >= 0.6 is 27.7 Å². The number of benzene rings is 1. The maximum Gasteiger partial charge on any atom is 0.336 e. The van der Waals surface area contributed by atoms with Crippen LogP contribution in [0.2, 0.25) is 0 Å². The lowest BCUT2D eigenvalue weighted by molar-refractivity contribution is -0.109. The minimum Gasteiger partial charge on any atom is -0.478 e. The number of hydrogen-bond donors (Lipinski definition) is 1. The van der Waals surface area contributed by atoms with Crippen LogP contribution in [-0.2, 0) is 4.79 Å². The standard InChI is InChI=1S/C13H13BrO3S/c1-9(15)18-7-3-2-4-10-5-6-11(14)8-12(10)13(16)17/h2,4-6,8H,3,7H2,1H3,(H,16,17). The number of rotatable bonds is 5. The number of thioether (sulfide) groups is 1. The quantitative estimate of drug-likeness (QED) is 0.834. The van der Waals surface area contributed by atoms with Crippen molar-refractivity contribution in [1.29, 1.82) is 0 Å². The highest BCUT2D eigenvalue weighted by Gasteiger charge is 2.07. The number of carbonyl (C=O) groups excluding carboxylic acids is 1. The highest BCUT2D eigenvalue weighted by atomic mass is 79.9. The molecule has 1 aromatic rings. The average molecular weight is 329 g/mol. The molecule has 0 bridgehead atoms. The van der Waals surface area contributed by atoms with Crippen LogP contribution in [0.25, 0.3) is 6.08 Å². The largest absolute Gasteiger partial charge is 0.478 e.